The summed E-state index contributed by atoms with van der Waals surface area (Å²) in [5.74, 6) is -1.96. The molecule has 0 aliphatic rings. The van der Waals surface area contributed by atoms with Crippen molar-refractivity contribution >= 4 is 23.3 Å². The Bertz CT molecular complexity index is 1270. The van der Waals surface area contributed by atoms with E-state index in [1.54, 1.807) is 42.5 Å². The quantitative estimate of drug-likeness (QED) is 0.380. The van der Waals surface area contributed by atoms with Gasteiger partial charge in [0.2, 0.25) is 11.7 Å². The minimum atomic E-state index is -0.820. The number of carbonyl (C=O) groups excluding carboxylic acids is 2. The van der Waals surface area contributed by atoms with E-state index in [-0.39, 0.29) is 11.5 Å². The molecule has 4 aromatic rings. The third-order valence-electron chi connectivity index (χ3n) is 4.48. The molecular weight excluding hydrogens is 420 g/mol. The standard InChI is InChI=1S/C21H15F2N7O2/c22-14-8-15(23)10-16(9-14)25-21(32)26-18-6-5-13(7-17(18)20-27-29-30-28-20)11-1-3-12(4-2-11)19(24)31/h1-10H,(H2,24,31)(H2,25,26,32)(H,27,28,29,30). The van der Waals surface area contributed by atoms with Gasteiger partial charge in [0.1, 0.15) is 11.6 Å². The lowest BCUT2D eigenvalue weighted by Crippen LogP contribution is -2.20. The Kier molecular flexibility index (Phi) is 5.53. The van der Waals surface area contributed by atoms with Crippen LogP contribution in [0.4, 0.5) is 25.0 Å². The van der Waals surface area contributed by atoms with Crippen molar-refractivity contribution in [3.8, 4) is 22.5 Å². The largest absolute Gasteiger partial charge is 0.366 e. The fraction of sp³-hybridized carbons (Fsp3) is 0. The van der Waals surface area contributed by atoms with Crippen LogP contribution in [0.1, 0.15) is 10.4 Å². The molecule has 0 aliphatic carbocycles. The number of tetrazole rings is 1. The number of H-pyrrole nitrogens is 1. The second-order valence-electron chi connectivity index (χ2n) is 6.67. The van der Waals surface area contributed by atoms with E-state index in [0.717, 1.165) is 23.3 Å². The molecule has 0 aliphatic heterocycles. The van der Waals surface area contributed by atoms with Crippen LogP contribution in [0, 0.1) is 11.6 Å². The molecule has 160 valence electrons. The van der Waals surface area contributed by atoms with E-state index < -0.39 is 23.6 Å². The van der Waals surface area contributed by atoms with Gasteiger partial charge in [-0.3, -0.25) is 4.79 Å². The molecule has 0 saturated carbocycles. The highest BCUT2D eigenvalue weighted by Gasteiger charge is 2.15. The fourth-order valence-electron chi connectivity index (χ4n) is 3.03. The van der Waals surface area contributed by atoms with Crippen molar-refractivity contribution in [1.82, 2.24) is 20.6 Å². The lowest BCUT2D eigenvalue weighted by atomic mass is 10.00. The number of benzene rings is 3. The fourth-order valence-corrected chi connectivity index (χ4v) is 3.03. The lowest BCUT2D eigenvalue weighted by molar-refractivity contribution is 0.1000. The highest BCUT2D eigenvalue weighted by atomic mass is 19.1. The summed E-state index contributed by atoms with van der Waals surface area (Å²) in [5, 5.41) is 18.8. The van der Waals surface area contributed by atoms with E-state index in [1.165, 1.54) is 0 Å². The lowest BCUT2D eigenvalue weighted by Gasteiger charge is -2.12. The molecule has 0 atom stereocenters. The zero-order chi connectivity index (χ0) is 22.7. The summed E-state index contributed by atoms with van der Waals surface area (Å²) in [6, 6.07) is 13.7. The van der Waals surface area contributed by atoms with Crippen molar-refractivity contribution < 1.29 is 18.4 Å². The average molecular weight is 435 g/mol. The minimum absolute atomic E-state index is 0.0488. The smallest absolute Gasteiger partial charge is 0.323 e. The van der Waals surface area contributed by atoms with E-state index in [9.17, 15) is 18.4 Å². The van der Waals surface area contributed by atoms with Crippen LogP contribution in [0.15, 0.2) is 60.7 Å². The van der Waals surface area contributed by atoms with Crippen molar-refractivity contribution in [2.45, 2.75) is 0 Å². The number of rotatable bonds is 5. The summed E-state index contributed by atoms with van der Waals surface area (Å²) in [5.41, 5.74) is 7.90. The monoisotopic (exact) mass is 435 g/mol. The van der Waals surface area contributed by atoms with Crippen molar-refractivity contribution in [2.24, 2.45) is 5.73 Å². The van der Waals surface area contributed by atoms with E-state index >= 15 is 0 Å². The first-order valence-electron chi connectivity index (χ1n) is 9.21. The van der Waals surface area contributed by atoms with Gasteiger partial charge in [0.25, 0.3) is 0 Å². The first-order valence-corrected chi connectivity index (χ1v) is 9.21. The Hall–Kier alpha value is -4.67. The molecule has 32 heavy (non-hydrogen) atoms. The second kappa shape index (κ2) is 8.60. The van der Waals surface area contributed by atoms with Gasteiger partial charge in [-0.1, -0.05) is 18.2 Å². The van der Waals surface area contributed by atoms with Crippen molar-refractivity contribution in [2.75, 3.05) is 10.6 Å². The molecule has 0 fully saturated rings. The maximum absolute atomic E-state index is 13.4. The highest BCUT2D eigenvalue weighted by molar-refractivity contribution is 6.02. The molecule has 0 spiro atoms. The summed E-state index contributed by atoms with van der Waals surface area (Å²) < 4.78 is 26.7. The Morgan fingerprint density at radius 2 is 1.56 bits per heavy atom. The van der Waals surface area contributed by atoms with Crippen LogP contribution in [0.2, 0.25) is 0 Å². The molecule has 0 radical (unpaired) electrons. The summed E-state index contributed by atoms with van der Waals surface area (Å²) in [6.45, 7) is 0. The number of halogens is 2. The zero-order valence-corrected chi connectivity index (χ0v) is 16.3. The number of nitrogens with two attached hydrogens (primary N) is 1. The van der Waals surface area contributed by atoms with Crippen LogP contribution >= 0.6 is 0 Å². The number of carbonyl (C=O) groups is 2. The first-order chi connectivity index (χ1) is 15.4. The molecule has 9 nitrogen and oxygen atoms in total. The minimum Gasteiger partial charge on any atom is -0.366 e. The van der Waals surface area contributed by atoms with E-state index in [1.807, 2.05) is 0 Å². The van der Waals surface area contributed by atoms with Gasteiger partial charge in [0.05, 0.1) is 5.69 Å². The molecule has 0 bridgehead atoms. The molecule has 1 aromatic heterocycles. The number of aromatic amines is 1. The predicted molar refractivity (Wildman–Crippen MR) is 113 cm³/mol. The number of amides is 3. The SMILES string of the molecule is NC(=O)c1ccc(-c2ccc(NC(=O)Nc3cc(F)cc(F)c3)c(-c3nn[nH]n3)c2)cc1. The van der Waals surface area contributed by atoms with E-state index in [0.29, 0.717) is 22.9 Å². The molecule has 4 rings (SSSR count). The van der Waals surface area contributed by atoms with Gasteiger partial charge in [-0.2, -0.15) is 5.21 Å². The first kappa shape index (κ1) is 20.6. The number of nitrogens with zero attached hydrogens (tertiary/aromatic N) is 3. The molecule has 3 amide bonds. The van der Waals surface area contributed by atoms with Crippen LogP contribution in [0.3, 0.4) is 0 Å². The maximum Gasteiger partial charge on any atom is 0.323 e. The molecule has 1 heterocycles. The Morgan fingerprint density at radius 3 is 2.19 bits per heavy atom. The number of aromatic nitrogens is 4. The number of primary amides is 1. The number of hydrogen-bond acceptors (Lipinski definition) is 5. The number of nitrogens with one attached hydrogen (secondary N) is 3. The van der Waals surface area contributed by atoms with Gasteiger partial charge in [-0.15, -0.1) is 10.2 Å². The van der Waals surface area contributed by atoms with E-state index in [4.69, 9.17) is 5.73 Å². The van der Waals surface area contributed by atoms with Gasteiger partial charge in [0.15, 0.2) is 0 Å². The highest BCUT2D eigenvalue weighted by Crippen LogP contribution is 2.31. The van der Waals surface area contributed by atoms with Crippen molar-refractivity contribution in [3.05, 3.63) is 77.9 Å². The number of urea groups is 1. The topological polar surface area (TPSA) is 139 Å². The molecule has 11 heteroatoms. The molecule has 5 N–H and O–H groups in total. The van der Waals surface area contributed by atoms with Gasteiger partial charge < -0.3 is 16.4 Å². The Balaban J connectivity index is 1.63. The Morgan fingerprint density at radius 1 is 0.875 bits per heavy atom. The van der Waals surface area contributed by atoms with Crippen LogP contribution in [-0.4, -0.2) is 32.6 Å². The predicted octanol–water partition coefficient (Wildman–Crippen LogP) is 3.55. The van der Waals surface area contributed by atoms with Crippen molar-refractivity contribution in [1.29, 1.82) is 0 Å². The summed E-state index contributed by atoms with van der Waals surface area (Å²) in [7, 11) is 0. The Labute approximate surface area is 179 Å². The van der Waals surface area contributed by atoms with Crippen molar-refractivity contribution in [3.63, 3.8) is 0 Å². The average Bonchev–Trinajstić information content (AvgIpc) is 3.28. The molecule has 0 saturated heterocycles. The van der Waals surface area contributed by atoms with Gasteiger partial charge in [0, 0.05) is 22.9 Å². The summed E-state index contributed by atoms with van der Waals surface area (Å²) in [4.78, 5) is 23.7. The third-order valence-corrected chi connectivity index (χ3v) is 4.48. The summed E-state index contributed by atoms with van der Waals surface area (Å²) >= 11 is 0. The van der Waals surface area contributed by atoms with Crippen LogP contribution < -0.4 is 16.4 Å². The van der Waals surface area contributed by atoms with Gasteiger partial charge >= 0.3 is 6.03 Å². The number of anilines is 2. The summed E-state index contributed by atoms with van der Waals surface area (Å²) in [6.07, 6.45) is 0. The van der Waals surface area contributed by atoms with Gasteiger partial charge in [-0.05, 0) is 52.7 Å². The van der Waals surface area contributed by atoms with Gasteiger partial charge in [-0.25, -0.2) is 13.6 Å². The zero-order valence-electron chi connectivity index (χ0n) is 16.3. The molecule has 3 aromatic carbocycles. The number of hydrogen-bond donors (Lipinski definition) is 4. The molecule has 0 unspecified atom stereocenters. The molecular formula is C21H15F2N7O2. The normalized spacial score (nSPS) is 10.6. The van der Waals surface area contributed by atoms with Crippen LogP contribution in [0.25, 0.3) is 22.5 Å². The van der Waals surface area contributed by atoms with E-state index in [2.05, 4.69) is 31.3 Å². The van der Waals surface area contributed by atoms with Crippen LogP contribution in [0.5, 0.6) is 0 Å². The second-order valence-corrected chi connectivity index (χ2v) is 6.67. The third kappa shape index (κ3) is 4.56. The van der Waals surface area contributed by atoms with Crippen LogP contribution in [-0.2, 0) is 0 Å². The maximum atomic E-state index is 13.4.